The molecule has 0 bridgehead atoms. The first-order valence-corrected chi connectivity index (χ1v) is 10.4. The van der Waals surface area contributed by atoms with E-state index in [0.717, 1.165) is 51.9 Å². The molecule has 1 heterocycles. The van der Waals surface area contributed by atoms with Gasteiger partial charge in [0.05, 0.1) is 6.10 Å². The SMILES string of the molecule is CCCN(C(=O)C1CCNCC1)C1CC(OCC)C12CCCCC2. The Kier molecular flexibility index (Phi) is 6.20. The first-order chi connectivity index (χ1) is 11.7. The highest BCUT2D eigenvalue weighted by molar-refractivity contribution is 5.79. The Hall–Kier alpha value is -0.610. The van der Waals surface area contributed by atoms with E-state index in [1.807, 2.05) is 0 Å². The first kappa shape index (κ1) is 18.2. The van der Waals surface area contributed by atoms with Crippen LogP contribution in [0.25, 0.3) is 0 Å². The molecule has 2 atom stereocenters. The van der Waals surface area contributed by atoms with Crippen molar-refractivity contribution in [3.63, 3.8) is 0 Å². The van der Waals surface area contributed by atoms with Crippen molar-refractivity contribution >= 4 is 5.91 Å². The summed E-state index contributed by atoms with van der Waals surface area (Å²) in [5.41, 5.74) is 0.256. The molecule has 3 fully saturated rings. The monoisotopic (exact) mass is 336 g/mol. The molecule has 1 aliphatic heterocycles. The first-order valence-electron chi connectivity index (χ1n) is 10.4. The second-order valence-electron chi connectivity index (χ2n) is 8.05. The van der Waals surface area contributed by atoms with Crippen LogP contribution >= 0.6 is 0 Å². The van der Waals surface area contributed by atoms with E-state index in [0.29, 0.717) is 18.1 Å². The van der Waals surface area contributed by atoms with Gasteiger partial charge < -0.3 is 15.0 Å². The van der Waals surface area contributed by atoms with Gasteiger partial charge in [-0.2, -0.15) is 0 Å². The number of carbonyl (C=O) groups is 1. The quantitative estimate of drug-likeness (QED) is 0.809. The molecule has 4 heteroatoms. The van der Waals surface area contributed by atoms with Crippen LogP contribution in [0.4, 0.5) is 0 Å². The van der Waals surface area contributed by atoms with Gasteiger partial charge in [-0.3, -0.25) is 4.79 Å². The van der Waals surface area contributed by atoms with E-state index in [1.165, 1.54) is 32.1 Å². The molecule has 0 aromatic heterocycles. The largest absolute Gasteiger partial charge is 0.378 e. The Balaban J connectivity index is 1.75. The van der Waals surface area contributed by atoms with Gasteiger partial charge in [-0.05, 0) is 58.5 Å². The van der Waals surface area contributed by atoms with E-state index >= 15 is 0 Å². The molecular weight excluding hydrogens is 300 g/mol. The highest BCUT2D eigenvalue weighted by Crippen LogP contribution is 2.55. The summed E-state index contributed by atoms with van der Waals surface area (Å²) >= 11 is 0. The van der Waals surface area contributed by atoms with Crippen LogP contribution in [0, 0.1) is 11.3 Å². The predicted molar refractivity (Wildman–Crippen MR) is 96.9 cm³/mol. The van der Waals surface area contributed by atoms with Crippen molar-refractivity contribution in [2.75, 3.05) is 26.2 Å². The van der Waals surface area contributed by atoms with E-state index < -0.39 is 0 Å². The summed E-state index contributed by atoms with van der Waals surface area (Å²) in [7, 11) is 0. The summed E-state index contributed by atoms with van der Waals surface area (Å²) in [6.45, 7) is 8.02. The second kappa shape index (κ2) is 8.18. The summed E-state index contributed by atoms with van der Waals surface area (Å²) in [5.74, 6) is 0.674. The Labute approximate surface area is 147 Å². The van der Waals surface area contributed by atoms with Crippen LogP contribution in [0.5, 0.6) is 0 Å². The van der Waals surface area contributed by atoms with Crippen LogP contribution in [-0.2, 0) is 9.53 Å². The smallest absolute Gasteiger partial charge is 0.226 e. The van der Waals surface area contributed by atoms with Crippen LogP contribution in [0.2, 0.25) is 0 Å². The zero-order valence-corrected chi connectivity index (χ0v) is 15.7. The van der Waals surface area contributed by atoms with Crippen molar-refractivity contribution in [1.29, 1.82) is 0 Å². The van der Waals surface area contributed by atoms with E-state index in [-0.39, 0.29) is 11.3 Å². The number of nitrogens with zero attached hydrogens (tertiary/aromatic N) is 1. The van der Waals surface area contributed by atoms with Gasteiger partial charge in [-0.25, -0.2) is 0 Å². The Morgan fingerprint density at radius 1 is 1.17 bits per heavy atom. The van der Waals surface area contributed by atoms with Crippen LogP contribution in [-0.4, -0.2) is 49.2 Å². The van der Waals surface area contributed by atoms with Crippen molar-refractivity contribution in [3.05, 3.63) is 0 Å². The fraction of sp³-hybridized carbons (Fsp3) is 0.950. The Bertz CT molecular complexity index is 414. The van der Waals surface area contributed by atoms with E-state index in [2.05, 4.69) is 24.1 Å². The number of hydrogen-bond donors (Lipinski definition) is 1. The van der Waals surface area contributed by atoms with E-state index in [9.17, 15) is 4.79 Å². The van der Waals surface area contributed by atoms with Gasteiger partial charge in [0.2, 0.25) is 5.91 Å². The minimum absolute atomic E-state index is 0.240. The van der Waals surface area contributed by atoms with Crippen molar-refractivity contribution in [2.24, 2.45) is 11.3 Å². The third kappa shape index (κ3) is 3.37. The Morgan fingerprint density at radius 3 is 2.50 bits per heavy atom. The van der Waals surface area contributed by atoms with E-state index in [4.69, 9.17) is 4.74 Å². The molecule has 4 nitrogen and oxygen atoms in total. The number of amides is 1. The molecule has 138 valence electrons. The summed E-state index contributed by atoms with van der Waals surface area (Å²) in [4.78, 5) is 15.6. The van der Waals surface area contributed by atoms with Crippen molar-refractivity contribution in [2.45, 2.75) is 83.8 Å². The van der Waals surface area contributed by atoms with Gasteiger partial charge in [0.1, 0.15) is 0 Å². The molecule has 1 saturated heterocycles. The van der Waals surface area contributed by atoms with E-state index in [1.54, 1.807) is 0 Å². The molecule has 0 aromatic rings. The van der Waals surface area contributed by atoms with Gasteiger partial charge in [0.25, 0.3) is 0 Å². The van der Waals surface area contributed by atoms with Gasteiger partial charge in [-0.15, -0.1) is 0 Å². The Morgan fingerprint density at radius 2 is 1.88 bits per heavy atom. The summed E-state index contributed by atoms with van der Waals surface area (Å²) < 4.78 is 6.11. The topological polar surface area (TPSA) is 41.6 Å². The lowest BCUT2D eigenvalue weighted by atomic mass is 9.54. The molecule has 1 spiro atoms. The number of rotatable bonds is 6. The number of hydrogen-bond acceptors (Lipinski definition) is 3. The van der Waals surface area contributed by atoms with Crippen LogP contribution < -0.4 is 5.32 Å². The minimum Gasteiger partial charge on any atom is -0.378 e. The van der Waals surface area contributed by atoms with Gasteiger partial charge in [0.15, 0.2) is 0 Å². The fourth-order valence-corrected chi connectivity index (χ4v) is 5.43. The fourth-order valence-electron chi connectivity index (χ4n) is 5.43. The predicted octanol–water partition coefficient (Wildman–Crippen LogP) is 3.35. The third-order valence-corrected chi connectivity index (χ3v) is 6.71. The standard InChI is InChI=1S/C20H36N2O2/c1-3-14-22(19(23)16-8-12-21-13-9-16)17-15-18(24-4-2)20(17)10-6-5-7-11-20/h16-18,21H,3-15H2,1-2H3. The number of ether oxygens (including phenoxy) is 1. The van der Waals surface area contributed by atoms with Crippen LogP contribution in [0.15, 0.2) is 0 Å². The number of nitrogens with one attached hydrogen (secondary N) is 1. The highest BCUT2D eigenvalue weighted by Gasteiger charge is 2.58. The molecule has 24 heavy (non-hydrogen) atoms. The molecule has 1 N–H and O–H groups in total. The third-order valence-electron chi connectivity index (χ3n) is 6.71. The molecule has 2 aliphatic carbocycles. The zero-order chi connectivity index (χ0) is 17.0. The summed E-state index contributed by atoms with van der Waals surface area (Å²) in [6.07, 6.45) is 11.0. The highest BCUT2D eigenvalue weighted by atomic mass is 16.5. The molecule has 3 aliphatic rings. The average molecular weight is 337 g/mol. The molecular formula is C20H36N2O2. The molecule has 0 radical (unpaired) electrons. The van der Waals surface area contributed by atoms with Crippen molar-refractivity contribution < 1.29 is 9.53 Å². The molecule has 2 saturated carbocycles. The summed E-state index contributed by atoms with van der Waals surface area (Å²) in [5, 5.41) is 3.39. The molecule has 0 aromatic carbocycles. The van der Waals surface area contributed by atoms with Gasteiger partial charge in [0, 0.05) is 30.5 Å². The maximum atomic E-state index is 13.3. The lowest BCUT2D eigenvalue weighted by Crippen LogP contribution is -2.67. The normalized spacial score (nSPS) is 30.1. The lowest BCUT2D eigenvalue weighted by molar-refractivity contribution is -0.191. The molecule has 3 rings (SSSR count). The maximum Gasteiger partial charge on any atom is 0.226 e. The zero-order valence-electron chi connectivity index (χ0n) is 15.7. The number of piperidine rings is 1. The number of carbonyl (C=O) groups excluding carboxylic acids is 1. The van der Waals surface area contributed by atoms with Crippen molar-refractivity contribution in [3.8, 4) is 0 Å². The second-order valence-corrected chi connectivity index (χ2v) is 8.05. The molecule has 2 unspecified atom stereocenters. The average Bonchev–Trinajstić information content (AvgIpc) is 2.64. The lowest BCUT2D eigenvalue weighted by Gasteiger charge is -2.61. The minimum atomic E-state index is 0.240. The summed E-state index contributed by atoms with van der Waals surface area (Å²) in [6, 6.07) is 0.427. The van der Waals surface area contributed by atoms with Gasteiger partial charge in [-0.1, -0.05) is 26.2 Å². The van der Waals surface area contributed by atoms with Crippen LogP contribution in [0.1, 0.15) is 71.6 Å². The molecule has 1 amide bonds. The maximum absolute atomic E-state index is 13.3. The van der Waals surface area contributed by atoms with Crippen molar-refractivity contribution in [1.82, 2.24) is 10.2 Å². The van der Waals surface area contributed by atoms with Crippen LogP contribution in [0.3, 0.4) is 0 Å². The van der Waals surface area contributed by atoms with Gasteiger partial charge >= 0.3 is 0 Å².